The largest absolute Gasteiger partial charge is 0.429 e. The number of halogens is 1. The molecule has 0 fully saturated rings. The highest BCUT2D eigenvalue weighted by Gasteiger charge is 2.29. The lowest BCUT2D eigenvalue weighted by atomic mass is 9.83. The van der Waals surface area contributed by atoms with E-state index in [9.17, 15) is 9.18 Å². The van der Waals surface area contributed by atoms with Crippen LogP contribution >= 0.6 is 0 Å². The lowest BCUT2D eigenvalue weighted by Crippen LogP contribution is -2.32. The number of nitrogens with zero attached hydrogens (tertiary/aromatic N) is 4. The summed E-state index contributed by atoms with van der Waals surface area (Å²) in [7, 11) is 0. The van der Waals surface area contributed by atoms with Gasteiger partial charge in [-0.25, -0.2) is 9.37 Å². The van der Waals surface area contributed by atoms with Crippen LogP contribution in [0.2, 0.25) is 0 Å². The van der Waals surface area contributed by atoms with Crippen molar-refractivity contribution < 1.29 is 13.6 Å². The highest BCUT2D eigenvalue weighted by atomic mass is 19.1. The van der Waals surface area contributed by atoms with Crippen molar-refractivity contribution >= 4 is 11.7 Å². The maximum atomic E-state index is 14.1. The van der Waals surface area contributed by atoms with Gasteiger partial charge < -0.3 is 15.5 Å². The van der Waals surface area contributed by atoms with Gasteiger partial charge >= 0.3 is 0 Å². The molecular weight excluding hydrogens is 351 g/mol. The van der Waals surface area contributed by atoms with Gasteiger partial charge in [-0.15, -0.1) is 10.2 Å². The fraction of sp³-hybridized carbons (Fsp3) is 0.278. The molecule has 8 nitrogen and oxygen atoms in total. The normalized spacial score (nSPS) is 13.1. The Balaban J connectivity index is 1.72. The Bertz CT molecular complexity index is 943. The van der Waals surface area contributed by atoms with Gasteiger partial charge in [0.15, 0.2) is 0 Å². The minimum Gasteiger partial charge on any atom is -0.429 e. The Kier molecular flexibility index (Phi) is 5.11. The van der Waals surface area contributed by atoms with E-state index in [0.717, 1.165) is 0 Å². The Morgan fingerprint density at radius 3 is 2.70 bits per heavy atom. The first kappa shape index (κ1) is 18.4. The molecule has 0 saturated heterocycles. The Hall–Kier alpha value is -3.36. The van der Waals surface area contributed by atoms with Gasteiger partial charge in [-0.05, 0) is 30.7 Å². The molecule has 0 bridgehead atoms. The second kappa shape index (κ2) is 7.48. The number of carbonyl (C=O) groups is 1. The van der Waals surface area contributed by atoms with Gasteiger partial charge in [0.1, 0.15) is 17.3 Å². The molecule has 0 saturated carbocycles. The number of hydrogen-bond acceptors (Lipinski definition) is 7. The van der Waals surface area contributed by atoms with Crippen LogP contribution in [-0.4, -0.2) is 32.6 Å². The number of primary amides is 1. The van der Waals surface area contributed by atoms with Crippen molar-refractivity contribution in [1.82, 2.24) is 20.2 Å². The zero-order valence-electron chi connectivity index (χ0n) is 14.9. The summed E-state index contributed by atoms with van der Waals surface area (Å²) >= 11 is 0. The summed E-state index contributed by atoms with van der Waals surface area (Å²) in [6.07, 6.45) is 3.50. The van der Waals surface area contributed by atoms with E-state index in [1.165, 1.54) is 12.3 Å². The standard InChI is InChI=1S/C18H19FN6O2/c1-3-18(2,15-11(19)5-4-8-21-15)10-23-14-7-6-12(24-25-14)17-22-9-13(27-17)16(20)26/h4-9H,3,10H2,1-2H3,(H2,20,26)(H,23,25). The third-order valence-corrected chi connectivity index (χ3v) is 4.40. The second-order valence-electron chi connectivity index (χ2n) is 6.30. The van der Waals surface area contributed by atoms with E-state index in [2.05, 4.69) is 25.5 Å². The van der Waals surface area contributed by atoms with Crippen molar-refractivity contribution in [2.24, 2.45) is 5.73 Å². The average molecular weight is 370 g/mol. The summed E-state index contributed by atoms with van der Waals surface area (Å²) in [5, 5.41) is 11.3. The summed E-state index contributed by atoms with van der Waals surface area (Å²) in [5.74, 6) is -0.432. The minimum absolute atomic E-state index is 0.0508. The van der Waals surface area contributed by atoms with Crippen LogP contribution in [-0.2, 0) is 5.41 Å². The highest BCUT2D eigenvalue weighted by molar-refractivity contribution is 5.89. The van der Waals surface area contributed by atoms with E-state index in [1.807, 2.05) is 13.8 Å². The van der Waals surface area contributed by atoms with Crippen LogP contribution in [0.5, 0.6) is 0 Å². The van der Waals surface area contributed by atoms with Crippen molar-refractivity contribution in [1.29, 1.82) is 0 Å². The van der Waals surface area contributed by atoms with Crippen molar-refractivity contribution in [2.75, 3.05) is 11.9 Å². The molecule has 0 spiro atoms. The Labute approximate surface area is 155 Å². The molecule has 0 radical (unpaired) electrons. The van der Waals surface area contributed by atoms with E-state index in [0.29, 0.717) is 30.2 Å². The molecule has 1 atom stereocenters. The van der Waals surface area contributed by atoms with Crippen molar-refractivity contribution in [3.05, 3.63) is 53.9 Å². The predicted molar refractivity (Wildman–Crippen MR) is 96.4 cm³/mol. The number of aromatic nitrogens is 4. The van der Waals surface area contributed by atoms with Crippen molar-refractivity contribution in [2.45, 2.75) is 25.7 Å². The lowest BCUT2D eigenvalue weighted by Gasteiger charge is -2.28. The van der Waals surface area contributed by atoms with Crippen LogP contribution in [0.25, 0.3) is 11.6 Å². The molecule has 1 amide bonds. The third-order valence-electron chi connectivity index (χ3n) is 4.40. The molecule has 1 unspecified atom stereocenters. The number of rotatable bonds is 7. The number of anilines is 1. The van der Waals surface area contributed by atoms with E-state index in [4.69, 9.17) is 10.2 Å². The molecule has 0 aliphatic rings. The molecule has 0 aliphatic carbocycles. The molecule has 0 aliphatic heterocycles. The summed E-state index contributed by atoms with van der Waals surface area (Å²) in [6, 6.07) is 6.32. The first-order valence-electron chi connectivity index (χ1n) is 8.37. The smallest absolute Gasteiger partial charge is 0.286 e. The van der Waals surface area contributed by atoms with Gasteiger partial charge in [-0.1, -0.05) is 13.8 Å². The number of carbonyl (C=O) groups excluding carboxylic acids is 1. The Morgan fingerprint density at radius 2 is 2.11 bits per heavy atom. The zero-order valence-corrected chi connectivity index (χ0v) is 14.9. The molecule has 3 N–H and O–H groups in total. The monoisotopic (exact) mass is 370 g/mol. The summed E-state index contributed by atoms with van der Waals surface area (Å²) in [6.45, 7) is 4.34. The first-order valence-corrected chi connectivity index (χ1v) is 8.37. The molecule has 0 aromatic carbocycles. The number of nitrogens with one attached hydrogen (secondary N) is 1. The molecule has 3 aromatic heterocycles. The topological polar surface area (TPSA) is 120 Å². The first-order chi connectivity index (χ1) is 12.9. The summed E-state index contributed by atoms with van der Waals surface area (Å²) in [4.78, 5) is 19.2. The molecule has 9 heteroatoms. The lowest BCUT2D eigenvalue weighted by molar-refractivity contribution is 0.0974. The van der Waals surface area contributed by atoms with Gasteiger partial charge in [-0.2, -0.15) is 0 Å². The second-order valence-corrected chi connectivity index (χ2v) is 6.30. The van der Waals surface area contributed by atoms with E-state index >= 15 is 0 Å². The van der Waals surface area contributed by atoms with Crippen molar-refractivity contribution in [3.8, 4) is 11.6 Å². The quantitative estimate of drug-likeness (QED) is 0.656. The molecule has 3 aromatic rings. The predicted octanol–water partition coefficient (Wildman–Crippen LogP) is 2.54. The summed E-state index contributed by atoms with van der Waals surface area (Å²) < 4.78 is 19.3. The fourth-order valence-corrected chi connectivity index (χ4v) is 2.54. The zero-order chi connectivity index (χ0) is 19.4. The highest BCUT2D eigenvalue weighted by Crippen LogP contribution is 2.28. The maximum absolute atomic E-state index is 14.1. The number of hydrogen-bond donors (Lipinski definition) is 2. The van der Waals surface area contributed by atoms with Gasteiger partial charge in [0.25, 0.3) is 5.91 Å². The molecule has 27 heavy (non-hydrogen) atoms. The maximum Gasteiger partial charge on any atom is 0.286 e. The van der Waals surface area contributed by atoms with Gasteiger partial charge in [0, 0.05) is 18.2 Å². The molecule has 3 rings (SSSR count). The SMILES string of the molecule is CCC(C)(CNc1ccc(-c2ncc(C(N)=O)o2)nn1)c1ncccc1F. The van der Waals surface area contributed by atoms with E-state index < -0.39 is 11.3 Å². The van der Waals surface area contributed by atoms with Gasteiger partial charge in [-0.3, -0.25) is 9.78 Å². The summed E-state index contributed by atoms with van der Waals surface area (Å²) in [5.41, 5.74) is 5.39. The van der Waals surface area contributed by atoms with Gasteiger partial charge in [0.05, 0.1) is 11.9 Å². The number of oxazole rings is 1. The molecule has 140 valence electrons. The third kappa shape index (κ3) is 3.91. The number of nitrogens with two attached hydrogens (primary N) is 1. The number of pyridine rings is 1. The van der Waals surface area contributed by atoms with Crippen molar-refractivity contribution in [3.63, 3.8) is 0 Å². The van der Waals surface area contributed by atoms with Crippen LogP contribution in [0.3, 0.4) is 0 Å². The van der Waals surface area contributed by atoms with Crippen LogP contribution in [0, 0.1) is 5.82 Å². The molecular formula is C18H19FN6O2. The van der Waals surface area contributed by atoms with Crippen LogP contribution in [0.15, 0.2) is 41.1 Å². The van der Waals surface area contributed by atoms with Crippen LogP contribution in [0.4, 0.5) is 10.2 Å². The molecule has 3 heterocycles. The van der Waals surface area contributed by atoms with E-state index in [-0.39, 0.29) is 17.5 Å². The fourth-order valence-electron chi connectivity index (χ4n) is 2.54. The van der Waals surface area contributed by atoms with E-state index in [1.54, 1.807) is 24.4 Å². The van der Waals surface area contributed by atoms with Gasteiger partial charge in [0.2, 0.25) is 11.7 Å². The minimum atomic E-state index is -0.708. The average Bonchev–Trinajstić information content (AvgIpc) is 3.17. The van der Waals surface area contributed by atoms with Crippen LogP contribution < -0.4 is 11.1 Å². The Morgan fingerprint density at radius 1 is 1.30 bits per heavy atom. The van der Waals surface area contributed by atoms with Crippen LogP contribution in [0.1, 0.15) is 36.5 Å². The number of amides is 1.